The zero-order valence-corrected chi connectivity index (χ0v) is 23.0. The third-order valence-corrected chi connectivity index (χ3v) is 7.26. The van der Waals surface area contributed by atoms with Gasteiger partial charge in [-0.15, -0.1) is 0 Å². The maximum Gasteiger partial charge on any atom is 0.350 e. The Morgan fingerprint density at radius 3 is 2.44 bits per heavy atom. The van der Waals surface area contributed by atoms with Crippen LogP contribution in [-0.2, 0) is 9.47 Å². The SMILES string of the molecule is CC(C)=CCOc1c2c(cc3ccoc13)C=C[C@]1(O2)O[C@@H](COc2c3occc3cc3ccc(=O)oc23)C(C)(C)O1. The first kappa shape index (κ1) is 25.5. The second-order valence-electron chi connectivity index (χ2n) is 10.9. The maximum atomic E-state index is 12.0. The second-order valence-corrected chi connectivity index (χ2v) is 10.9. The van der Waals surface area contributed by atoms with Crippen molar-refractivity contribution in [1.29, 1.82) is 0 Å². The van der Waals surface area contributed by atoms with Crippen molar-refractivity contribution in [3.63, 3.8) is 0 Å². The van der Waals surface area contributed by atoms with Crippen LogP contribution in [0.5, 0.6) is 17.2 Å². The highest BCUT2D eigenvalue weighted by atomic mass is 16.9. The molecule has 210 valence electrons. The highest BCUT2D eigenvalue weighted by Gasteiger charge is 2.55. The summed E-state index contributed by atoms with van der Waals surface area (Å²) in [6.07, 6.45) is 8.22. The first-order chi connectivity index (χ1) is 19.7. The predicted octanol–water partition coefficient (Wildman–Crippen LogP) is 6.96. The number of ether oxygens (including phenoxy) is 5. The van der Waals surface area contributed by atoms with Crippen molar-refractivity contribution in [3.8, 4) is 17.2 Å². The lowest BCUT2D eigenvalue weighted by molar-refractivity contribution is -0.271. The molecule has 7 rings (SSSR count). The van der Waals surface area contributed by atoms with Gasteiger partial charge in [0.1, 0.15) is 19.3 Å². The highest BCUT2D eigenvalue weighted by molar-refractivity contribution is 6.00. The summed E-state index contributed by atoms with van der Waals surface area (Å²) in [6.45, 7) is 8.22. The molecule has 5 heterocycles. The topological polar surface area (TPSA) is 103 Å². The van der Waals surface area contributed by atoms with Gasteiger partial charge in [-0.2, -0.15) is 0 Å². The van der Waals surface area contributed by atoms with Crippen molar-refractivity contribution in [2.75, 3.05) is 13.2 Å². The minimum absolute atomic E-state index is 0.0630. The summed E-state index contributed by atoms with van der Waals surface area (Å²) in [5.74, 6) is -0.270. The normalized spacial score (nSPS) is 20.9. The second kappa shape index (κ2) is 9.29. The Bertz CT molecular complexity index is 1910. The van der Waals surface area contributed by atoms with Crippen molar-refractivity contribution in [2.24, 2.45) is 0 Å². The zero-order chi connectivity index (χ0) is 28.4. The zero-order valence-electron chi connectivity index (χ0n) is 23.0. The quantitative estimate of drug-likeness (QED) is 0.162. The molecule has 0 aliphatic carbocycles. The van der Waals surface area contributed by atoms with E-state index in [1.54, 1.807) is 24.7 Å². The monoisotopic (exact) mass is 556 g/mol. The van der Waals surface area contributed by atoms with Gasteiger partial charge in [0.25, 0.3) is 0 Å². The lowest BCUT2D eigenvalue weighted by Crippen LogP contribution is -2.39. The van der Waals surface area contributed by atoms with E-state index in [4.69, 9.17) is 36.9 Å². The fourth-order valence-corrected chi connectivity index (χ4v) is 5.15. The van der Waals surface area contributed by atoms with E-state index < -0.39 is 23.3 Å². The molecule has 3 aromatic heterocycles. The molecule has 1 fully saturated rings. The Labute approximate surface area is 234 Å². The number of allylic oxidation sites excluding steroid dienone is 1. The van der Waals surface area contributed by atoms with Gasteiger partial charge in [0.05, 0.1) is 18.1 Å². The highest BCUT2D eigenvalue weighted by Crippen LogP contribution is 2.49. The summed E-state index contributed by atoms with van der Waals surface area (Å²) in [7, 11) is 0. The van der Waals surface area contributed by atoms with E-state index in [0.717, 1.165) is 21.9 Å². The van der Waals surface area contributed by atoms with Gasteiger partial charge in [-0.05, 0) is 70.2 Å². The van der Waals surface area contributed by atoms with Gasteiger partial charge in [0.2, 0.25) is 11.5 Å². The number of hydrogen-bond donors (Lipinski definition) is 0. The lowest BCUT2D eigenvalue weighted by Gasteiger charge is -2.31. The third kappa shape index (κ3) is 4.38. The van der Waals surface area contributed by atoms with E-state index >= 15 is 0 Å². The number of benzene rings is 2. The fraction of sp³-hybridized carbons (Fsp3) is 0.281. The van der Waals surface area contributed by atoms with Crippen LogP contribution in [0.25, 0.3) is 39.0 Å². The van der Waals surface area contributed by atoms with E-state index in [9.17, 15) is 4.79 Å². The van der Waals surface area contributed by atoms with Gasteiger partial charge in [-0.1, -0.05) is 5.57 Å². The molecule has 0 unspecified atom stereocenters. The Balaban J connectivity index is 1.20. The van der Waals surface area contributed by atoms with Crippen molar-refractivity contribution in [2.45, 2.75) is 45.4 Å². The molecule has 0 saturated carbocycles. The van der Waals surface area contributed by atoms with Crippen LogP contribution in [0, 0.1) is 0 Å². The molecular weight excluding hydrogens is 528 g/mol. The molecule has 0 bridgehead atoms. The molecule has 5 aromatic rings. The molecule has 0 radical (unpaired) electrons. The van der Waals surface area contributed by atoms with Crippen LogP contribution in [-0.4, -0.2) is 30.9 Å². The molecule has 0 amide bonds. The summed E-state index contributed by atoms with van der Waals surface area (Å²) in [5.41, 5.74) is 1.98. The molecular formula is C32H28O9. The van der Waals surface area contributed by atoms with Crippen LogP contribution >= 0.6 is 0 Å². The van der Waals surface area contributed by atoms with Gasteiger partial charge in [0, 0.05) is 33.9 Å². The van der Waals surface area contributed by atoms with Crippen LogP contribution in [0.3, 0.4) is 0 Å². The Morgan fingerprint density at radius 2 is 1.66 bits per heavy atom. The average molecular weight is 557 g/mol. The Kier molecular flexibility index (Phi) is 5.78. The van der Waals surface area contributed by atoms with Gasteiger partial charge in [0.15, 0.2) is 22.5 Å². The number of hydrogen-bond acceptors (Lipinski definition) is 9. The standard InChI is InChI=1S/C32H28O9/c1-18(2)8-12-36-30-26-22(10-14-35-26)16-20-7-11-32(40-28(20)30)39-23(31(3,4)41-32)17-37-29-25-21(9-13-34-25)15-19-5-6-24(33)38-27(19)29/h5-11,13-16,23H,12,17H2,1-4H3/t23-,32+/m0/s1. The molecule has 1 saturated heterocycles. The minimum atomic E-state index is -1.52. The summed E-state index contributed by atoms with van der Waals surface area (Å²) >= 11 is 0. The molecule has 2 aliphatic rings. The van der Waals surface area contributed by atoms with E-state index in [1.165, 1.54) is 6.07 Å². The van der Waals surface area contributed by atoms with Crippen LogP contribution in [0.2, 0.25) is 0 Å². The van der Waals surface area contributed by atoms with E-state index in [0.29, 0.717) is 46.0 Å². The molecule has 41 heavy (non-hydrogen) atoms. The first-order valence-corrected chi connectivity index (χ1v) is 13.3. The van der Waals surface area contributed by atoms with Crippen LogP contribution in [0.1, 0.15) is 33.3 Å². The fourth-order valence-electron chi connectivity index (χ4n) is 5.15. The Morgan fingerprint density at radius 1 is 0.927 bits per heavy atom. The lowest BCUT2D eigenvalue weighted by atomic mass is 10.0. The van der Waals surface area contributed by atoms with Gasteiger partial charge >= 0.3 is 11.6 Å². The molecule has 2 atom stereocenters. The molecule has 9 nitrogen and oxygen atoms in total. The smallest absolute Gasteiger partial charge is 0.350 e. The summed E-state index contributed by atoms with van der Waals surface area (Å²) in [6, 6.07) is 10.6. The predicted molar refractivity (Wildman–Crippen MR) is 151 cm³/mol. The van der Waals surface area contributed by atoms with Crippen LogP contribution in [0.4, 0.5) is 0 Å². The Hall–Kier alpha value is -4.47. The summed E-state index contributed by atoms with van der Waals surface area (Å²) in [5, 5.41) is 2.43. The van der Waals surface area contributed by atoms with Gasteiger partial charge in [-0.25, -0.2) is 4.79 Å². The number of fused-ring (bicyclic) bond motifs is 4. The van der Waals surface area contributed by atoms with E-state index in [1.807, 2.05) is 64.1 Å². The molecule has 9 heteroatoms. The van der Waals surface area contributed by atoms with Gasteiger partial charge < -0.3 is 36.9 Å². The van der Waals surface area contributed by atoms with Crippen molar-refractivity contribution < 1.29 is 36.9 Å². The van der Waals surface area contributed by atoms with Crippen molar-refractivity contribution >= 4 is 39.0 Å². The van der Waals surface area contributed by atoms with Crippen LogP contribution in [0.15, 0.2) is 84.7 Å². The molecule has 1 spiro atoms. The average Bonchev–Trinajstić information content (AvgIpc) is 3.64. The summed E-state index contributed by atoms with van der Waals surface area (Å²) in [4.78, 5) is 12.0. The number of furan rings is 2. The minimum Gasteiger partial charge on any atom is -0.483 e. The molecule has 2 aromatic carbocycles. The van der Waals surface area contributed by atoms with Gasteiger partial charge in [-0.3, -0.25) is 0 Å². The number of rotatable bonds is 6. The van der Waals surface area contributed by atoms with Crippen molar-refractivity contribution in [1.82, 2.24) is 0 Å². The largest absolute Gasteiger partial charge is 0.483 e. The maximum absolute atomic E-state index is 12.0. The summed E-state index contributed by atoms with van der Waals surface area (Å²) < 4.78 is 48.6. The van der Waals surface area contributed by atoms with Crippen LogP contribution < -0.4 is 19.8 Å². The van der Waals surface area contributed by atoms with E-state index in [2.05, 4.69) is 0 Å². The molecule has 2 aliphatic heterocycles. The van der Waals surface area contributed by atoms with E-state index in [-0.39, 0.29) is 6.61 Å². The first-order valence-electron chi connectivity index (χ1n) is 13.3. The molecule has 0 N–H and O–H groups in total. The third-order valence-electron chi connectivity index (χ3n) is 7.26. The van der Waals surface area contributed by atoms with Crippen molar-refractivity contribution in [3.05, 3.63) is 82.6 Å².